The van der Waals surface area contributed by atoms with Gasteiger partial charge in [-0.3, -0.25) is 24.0 Å². The monoisotopic (exact) mass is 724 g/mol. The Morgan fingerprint density at radius 2 is 1.68 bits per heavy atom. The van der Waals surface area contributed by atoms with Crippen LogP contribution in [0.3, 0.4) is 0 Å². The van der Waals surface area contributed by atoms with Crippen LogP contribution in [0.4, 0.5) is 15.8 Å². The van der Waals surface area contributed by atoms with Gasteiger partial charge in [0.05, 0.1) is 22.6 Å². The molecule has 14 heteroatoms. The number of benzene rings is 4. The van der Waals surface area contributed by atoms with Crippen molar-refractivity contribution in [1.29, 1.82) is 0 Å². The fourth-order valence-electron chi connectivity index (χ4n) is 5.23. The molecule has 4 aromatic carbocycles. The summed E-state index contributed by atoms with van der Waals surface area (Å²) in [6, 6.07) is 20.7. The van der Waals surface area contributed by atoms with Crippen molar-refractivity contribution in [3.63, 3.8) is 0 Å². The molecule has 0 fully saturated rings. The van der Waals surface area contributed by atoms with Crippen molar-refractivity contribution in [1.82, 2.24) is 10.2 Å². The Kier molecular flexibility index (Phi) is 12.5. The van der Waals surface area contributed by atoms with Crippen molar-refractivity contribution in [2.45, 2.75) is 57.1 Å². The van der Waals surface area contributed by atoms with Gasteiger partial charge in [-0.25, -0.2) is 12.8 Å². The predicted octanol–water partition coefficient (Wildman–Crippen LogP) is 6.45. The molecule has 4 aromatic rings. The van der Waals surface area contributed by atoms with Crippen LogP contribution >= 0.6 is 11.6 Å². The van der Waals surface area contributed by atoms with Crippen LogP contribution in [0.5, 0.6) is 5.75 Å². The highest BCUT2D eigenvalue weighted by Gasteiger charge is 2.36. The lowest BCUT2D eigenvalue weighted by atomic mass is 10.0. The van der Waals surface area contributed by atoms with Gasteiger partial charge in [-0.05, 0) is 67.8 Å². The Morgan fingerprint density at radius 1 is 1.00 bits per heavy atom. The molecule has 4 rings (SSSR count). The first kappa shape index (κ1) is 37.8. The van der Waals surface area contributed by atoms with Gasteiger partial charge in [0, 0.05) is 35.7 Å². The molecule has 264 valence electrons. The van der Waals surface area contributed by atoms with E-state index in [0.717, 1.165) is 15.9 Å². The summed E-state index contributed by atoms with van der Waals surface area (Å²) in [7, 11) is -3.41. The molecular formula is C36H38ClFN4O7S. The van der Waals surface area contributed by atoms with E-state index in [0.29, 0.717) is 12.0 Å². The lowest BCUT2D eigenvalue weighted by molar-refractivity contribution is -0.385. The molecule has 11 nitrogen and oxygen atoms in total. The fraction of sp³-hybridized carbons (Fsp3) is 0.278. The second-order valence-electron chi connectivity index (χ2n) is 11.7. The van der Waals surface area contributed by atoms with E-state index >= 15 is 0 Å². The molecule has 0 aliphatic heterocycles. The smallest absolute Gasteiger partial charge is 0.273 e. The summed E-state index contributed by atoms with van der Waals surface area (Å²) < 4.78 is 49.0. The van der Waals surface area contributed by atoms with Gasteiger partial charge in [0.1, 0.15) is 24.2 Å². The number of hydrogen-bond acceptors (Lipinski definition) is 7. The SMILES string of the molecule is CCC(C)NC(=O)C(Cc1ccccc1)N(Cc1ccc(F)cc1)C(=O)CN(c1cc(Cl)ccc1OC)S(=O)(=O)c1ccc(C)c([N+](=O)[O-])c1. The molecule has 0 bridgehead atoms. The van der Waals surface area contributed by atoms with E-state index in [-0.39, 0.29) is 41.0 Å². The summed E-state index contributed by atoms with van der Waals surface area (Å²) >= 11 is 6.32. The topological polar surface area (TPSA) is 139 Å². The zero-order valence-corrected chi connectivity index (χ0v) is 29.6. The van der Waals surface area contributed by atoms with Gasteiger partial charge in [0.25, 0.3) is 15.7 Å². The first-order valence-electron chi connectivity index (χ1n) is 15.7. The third-order valence-electron chi connectivity index (χ3n) is 8.19. The number of aryl methyl sites for hydroxylation is 1. The van der Waals surface area contributed by atoms with Gasteiger partial charge in [0.15, 0.2) is 0 Å². The maximum atomic E-state index is 14.7. The van der Waals surface area contributed by atoms with Crippen LogP contribution in [0, 0.1) is 22.9 Å². The summed E-state index contributed by atoms with van der Waals surface area (Å²) in [5, 5.41) is 14.8. The number of rotatable bonds is 15. The first-order valence-corrected chi connectivity index (χ1v) is 17.6. The largest absolute Gasteiger partial charge is 0.495 e. The molecular weight excluding hydrogens is 687 g/mol. The first-order chi connectivity index (χ1) is 23.7. The molecule has 50 heavy (non-hydrogen) atoms. The summed E-state index contributed by atoms with van der Waals surface area (Å²) in [4.78, 5) is 40.5. The van der Waals surface area contributed by atoms with E-state index in [1.54, 1.807) is 12.1 Å². The van der Waals surface area contributed by atoms with Gasteiger partial charge < -0.3 is 15.0 Å². The summed E-state index contributed by atoms with van der Waals surface area (Å²) in [6.45, 7) is 4.16. The Hall–Kier alpha value is -5.01. The normalized spacial score (nSPS) is 12.4. The Balaban J connectivity index is 1.89. The number of nitrogens with one attached hydrogen (secondary N) is 1. The van der Waals surface area contributed by atoms with Crippen molar-refractivity contribution in [2.24, 2.45) is 0 Å². The maximum Gasteiger partial charge on any atom is 0.273 e. The third-order valence-corrected chi connectivity index (χ3v) is 10.2. The molecule has 0 aliphatic carbocycles. The Bertz CT molecular complexity index is 1950. The number of nitrogens with zero attached hydrogens (tertiary/aromatic N) is 3. The van der Waals surface area contributed by atoms with Crippen molar-refractivity contribution >= 4 is 44.8 Å². The number of amides is 2. The molecule has 0 saturated heterocycles. The standard InChI is InChI=1S/C36H38ClFN4O7S/c1-5-25(3)39-36(44)33(19-26-9-7-6-8-10-26)40(22-27-12-15-29(38)16-13-27)35(43)23-41(32-20-28(37)14-18-34(32)49-4)50(47,48)30-17-11-24(2)31(21-30)42(45)46/h6-18,20-21,25,33H,5,19,22-23H2,1-4H3,(H,39,44). The van der Waals surface area contributed by atoms with Crippen LogP contribution in [0.1, 0.15) is 37.0 Å². The van der Waals surface area contributed by atoms with Crippen LogP contribution in [-0.2, 0) is 32.6 Å². The number of nitro groups is 1. The maximum absolute atomic E-state index is 14.7. The molecule has 2 atom stereocenters. The van der Waals surface area contributed by atoms with Crippen LogP contribution in [0.15, 0.2) is 95.9 Å². The van der Waals surface area contributed by atoms with Crippen molar-refractivity contribution in [2.75, 3.05) is 18.0 Å². The van der Waals surface area contributed by atoms with Gasteiger partial charge >= 0.3 is 0 Å². The molecule has 0 aromatic heterocycles. The van der Waals surface area contributed by atoms with Crippen molar-refractivity contribution in [3.8, 4) is 5.75 Å². The zero-order chi connectivity index (χ0) is 36.6. The number of hydrogen-bond donors (Lipinski definition) is 1. The molecule has 0 heterocycles. The molecule has 0 spiro atoms. The average Bonchev–Trinajstić information content (AvgIpc) is 3.09. The van der Waals surface area contributed by atoms with Gasteiger partial charge in [0.2, 0.25) is 11.8 Å². The number of nitro benzene ring substituents is 1. The number of methoxy groups -OCH3 is 1. The number of carbonyl (C=O) groups is 2. The summed E-state index contributed by atoms with van der Waals surface area (Å²) in [5.41, 5.74) is 0.915. The van der Waals surface area contributed by atoms with Crippen LogP contribution in [0.2, 0.25) is 5.02 Å². The Morgan fingerprint density at radius 3 is 2.30 bits per heavy atom. The average molecular weight is 725 g/mol. The van der Waals surface area contributed by atoms with E-state index in [1.165, 1.54) is 73.5 Å². The lowest BCUT2D eigenvalue weighted by Gasteiger charge is -2.34. The summed E-state index contributed by atoms with van der Waals surface area (Å²) in [5.74, 6) is -1.71. The quantitative estimate of drug-likeness (QED) is 0.110. The second-order valence-corrected chi connectivity index (χ2v) is 14.0. The van der Waals surface area contributed by atoms with E-state index in [2.05, 4.69) is 5.32 Å². The third kappa shape index (κ3) is 9.16. The van der Waals surface area contributed by atoms with Gasteiger partial charge in [-0.15, -0.1) is 0 Å². The van der Waals surface area contributed by atoms with Crippen LogP contribution < -0.4 is 14.4 Å². The lowest BCUT2D eigenvalue weighted by Crippen LogP contribution is -2.54. The minimum absolute atomic E-state index is 0.0489. The van der Waals surface area contributed by atoms with Gasteiger partial charge in [-0.1, -0.05) is 67.1 Å². The van der Waals surface area contributed by atoms with Crippen LogP contribution in [-0.4, -0.2) is 55.8 Å². The fourth-order valence-corrected chi connectivity index (χ4v) is 6.83. The molecule has 2 amide bonds. The van der Waals surface area contributed by atoms with E-state index in [1.807, 2.05) is 32.0 Å². The second kappa shape index (κ2) is 16.6. The van der Waals surface area contributed by atoms with E-state index < -0.39 is 55.7 Å². The Labute approximate surface area is 295 Å². The van der Waals surface area contributed by atoms with Gasteiger partial charge in [-0.2, -0.15) is 0 Å². The van der Waals surface area contributed by atoms with E-state index in [9.17, 15) is 32.5 Å². The summed E-state index contributed by atoms with van der Waals surface area (Å²) in [6.07, 6.45) is 0.687. The van der Waals surface area contributed by atoms with Crippen molar-refractivity contribution in [3.05, 3.63) is 129 Å². The molecule has 0 aliphatic rings. The highest BCUT2D eigenvalue weighted by Crippen LogP contribution is 2.36. The molecule has 1 N–H and O–H groups in total. The highest BCUT2D eigenvalue weighted by atomic mass is 35.5. The number of sulfonamides is 1. The molecule has 0 saturated carbocycles. The van der Waals surface area contributed by atoms with Crippen LogP contribution in [0.25, 0.3) is 0 Å². The highest BCUT2D eigenvalue weighted by molar-refractivity contribution is 7.92. The number of carbonyl (C=O) groups excluding carboxylic acids is 2. The number of ether oxygens (including phenoxy) is 1. The van der Waals surface area contributed by atoms with Crippen molar-refractivity contribution < 1.29 is 32.1 Å². The minimum Gasteiger partial charge on any atom is -0.495 e. The predicted molar refractivity (Wildman–Crippen MR) is 189 cm³/mol. The zero-order valence-electron chi connectivity index (χ0n) is 28.0. The van der Waals surface area contributed by atoms with E-state index in [4.69, 9.17) is 16.3 Å². The number of anilines is 1. The molecule has 2 unspecified atom stereocenters. The minimum atomic E-state index is -4.72. The number of halogens is 2. The molecule has 0 radical (unpaired) electrons.